The lowest BCUT2D eigenvalue weighted by atomic mass is 10.3. The molecule has 1 aromatic heterocycles. The van der Waals surface area contributed by atoms with Gasteiger partial charge in [-0.25, -0.2) is 0 Å². The molecule has 3 rings (SSSR count). The molecule has 112 valence electrons. The minimum Gasteiger partial charge on any atom is -0.506 e. The Bertz CT molecular complexity index is 917. The molecule has 0 unspecified atom stereocenters. The Balaban J connectivity index is 1.83. The van der Waals surface area contributed by atoms with Crippen molar-refractivity contribution >= 4 is 44.8 Å². The highest BCUT2D eigenvalue weighted by atomic mass is 35.5. The molecule has 1 amide bonds. The van der Waals surface area contributed by atoms with Crippen molar-refractivity contribution in [1.29, 1.82) is 0 Å². The monoisotopic (exact) mass is 334 g/mol. The number of phenols is 1. The first-order valence-corrected chi connectivity index (χ1v) is 7.57. The standard InChI is InChI=1S/C15H11ClN2O3S/c16-9-5-6-12(19)11(7-9)17-14(20)8-18-15(21)10-3-1-2-4-13(10)22-18/h1-7,19H,8H2,(H,17,20). The van der Waals surface area contributed by atoms with Gasteiger partial charge in [0.15, 0.2) is 0 Å². The van der Waals surface area contributed by atoms with Gasteiger partial charge in [0, 0.05) is 5.02 Å². The summed E-state index contributed by atoms with van der Waals surface area (Å²) in [6.45, 7) is -0.121. The number of fused-ring (bicyclic) bond motifs is 1. The molecule has 2 aromatic carbocycles. The highest BCUT2D eigenvalue weighted by Crippen LogP contribution is 2.26. The molecule has 7 heteroatoms. The van der Waals surface area contributed by atoms with Crippen LogP contribution in [0.25, 0.3) is 10.1 Å². The summed E-state index contributed by atoms with van der Waals surface area (Å²) in [5.41, 5.74) is 0.0118. The summed E-state index contributed by atoms with van der Waals surface area (Å²) in [5, 5.41) is 13.2. The van der Waals surface area contributed by atoms with Gasteiger partial charge < -0.3 is 10.4 Å². The van der Waals surface area contributed by atoms with Crippen LogP contribution in [0.2, 0.25) is 5.02 Å². The lowest BCUT2D eigenvalue weighted by Gasteiger charge is -2.07. The largest absolute Gasteiger partial charge is 0.506 e. The lowest BCUT2D eigenvalue weighted by Crippen LogP contribution is -2.23. The summed E-state index contributed by atoms with van der Waals surface area (Å²) in [6.07, 6.45) is 0. The van der Waals surface area contributed by atoms with E-state index < -0.39 is 5.91 Å². The fraction of sp³-hybridized carbons (Fsp3) is 0.0667. The van der Waals surface area contributed by atoms with Crippen LogP contribution in [0, 0.1) is 0 Å². The molecule has 0 aliphatic rings. The molecule has 0 aliphatic carbocycles. The van der Waals surface area contributed by atoms with E-state index in [1.807, 2.05) is 12.1 Å². The number of phenolic OH excluding ortho intramolecular Hbond substituents is 1. The van der Waals surface area contributed by atoms with Gasteiger partial charge in [0.25, 0.3) is 5.56 Å². The van der Waals surface area contributed by atoms with Gasteiger partial charge in [-0.15, -0.1) is 0 Å². The number of nitrogens with one attached hydrogen (secondary N) is 1. The van der Waals surface area contributed by atoms with Crippen LogP contribution in [0.15, 0.2) is 47.3 Å². The number of carbonyl (C=O) groups is 1. The van der Waals surface area contributed by atoms with E-state index in [2.05, 4.69) is 5.32 Å². The van der Waals surface area contributed by atoms with Crippen LogP contribution in [0.4, 0.5) is 5.69 Å². The Hall–Kier alpha value is -2.31. The Morgan fingerprint density at radius 1 is 1.27 bits per heavy atom. The van der Waals surface area contributed by atoms with E-state index in [0.717, 1.165) is 4.70 Å². The highest BCUT2D eigenvalue weighted by molar-refractivity contribution is 7.13. The SMILES string of the molecule is O=C(Cn1sc2ccccc2c1=O)Nc1cc(Cl)ccc1O. The topological polar surface area (TPSA) is 71.3 Å². The van der Waals surface area contributed by atoms with Crippen molar-refractivity contribution < 1.29 is 9.90 Å². The molecule has 0 atom stereocenters. The first-order valence-electron chi connectivity index (χ1n) is 6.42. The number of amides is 1. The van der Waals surface area contributed by atoms with Crippen molar-refractivity contribution in [2.75, 3.05) is 5.32 Å². The molecule has 0 radical (unpaired) electrons. The van der Waals surface area contributed by atoms with E-state index in [0.29, 0.717) is 10.4 Å². The van der Waals surface area contributed by atoms with Gasteiger partial charge in [-0.1, -0.05) is 35.3 Å². The zero-order chi connectivity index (χ0) is 15.7. The smallest absolute Gasteiger partial charge is 0.268 e. The predicted molar refractivity (Wildman–Crippen MR) is 87.8 cm³/mol. The zero-order valence-electron chi connectivity index (χ0n) is 11.2. The van der Waals surface area contributed by atoms with Crippen LogP contribution in [-0.4, -0.2) is 15.0 Å². The Morgan fingerprint density at radius 3 is 2.82 bits per heavy atom. The van der Waals surface area contributed by atoms with Gasteiger partial charge in [0.1, 0.15) is 12.3 Å². The van der Waals surface area contributed by atoms with Crippen molar-refractivity contribution in [1.82, 2.24) is 3.96 Å². The number of halogens is 1. The molecule has 0 spiro atoms. The first-order chi connectivity index (χ1) is 10.5. The van der Waals surface area contributed by atoms with E-state index in [1.54, 1.807) is 12.1 Å². The summed E-state index contributed by atoms with van der Waals surface area (Å²) in [7, 11) is 0. The number of rotatable bonds is 3. The third kappa shape index (κ3) is 2.84. The van der Waals surface area contributed by atoms with Gasteiger partial charge in [-0.3, -0.25) is 13.5 Å². The van der Waals surface area contributed by atoms with Crippen molar-refractivity contribution in [3.8, 4) is 5.75 Å². The highest BCUT2D eigenvalue weighted by Gasteiger charge is 2.12. The average Bonchev–Trinajstić information content (AvgIpc) is 2.80. The number of hydrogen-bond acceptors (Lipinski definition) is 4. The summed E-state index contributed by atoms with van der Waals surface area (Å²) in [4.78, 5) is 24.2. The van der Waals surface area contributed by atoms with E-state index in [1.165, 1.54) is 33.7 Å². The Morgan fingerprint density at radius 2 is 2.05 bits per heavy atom. The average molecular weight is 335 g/mol. The van der Waals surface area contributed by atoms with Crippen molar-refractivity contribution in [3.05, 3.63) is 57.8 Å². The zero-order valence-corrected chi connectivity index (χ0v) is 12.8. The second kappa shape index (κ2) is 5.82. The fourth-order valence-corrected chi connectivity index (χ4v) is 3.22. The molecule has 0 aliphatic heterocycles. The number of aromatic hydroxyl groups is 1. The Labute approximate surface area is 134 Å². The maximum atomic E-state index is 12.2. The van der Waals surface area contributed by atoms with Gasteiger partial charge in [0.2, 0.25) is 5.91 Å². The lowest BCUT2D eigenvalue weighted by molar-refractivity contribution is -0.116. The van der Waals surface area contributed by atoms with Gasteiger partial charge in [-0.05, 0) is 30.3 Å². The minimum atomic E-state index is -0.411. The molecule has 22 heavy (non-hydrogen) atoms. The number of nitrogens with zero attached hydrogens (tertiary/aromatic N) is 1. The third-order valence-corrected chi connectivity index (χ3v) is 4.38. The van der Waals surface area contributed by atoms with Crippen LogP contribution in [0.3, 0.4) is 0 Å². The van der Waals surface area contributed by atoms with Gasteiger partial charge in [-0.2, -0.15) is 0 Å². The summed E-state index contributed by atoms with van der Waals surface area (Å²) in [6, 6.07) is 11.5. The number of benzene rings is 2. The van der Waals surface area contributed by atoms with Crippen LogP contribution in [-0.2, 0) is 11.3 Å². The van der Waals surface area contributed by atoms with E-state index in [-0.39, 0.29) is 23.5 Å². The Kier molecular flexibility index (Phi) is 3.87. The third-order valence-electron chi connectivity index (χ3n) is 3.07. The quantitative estimate of drug-likeness (QED) is 0.723. The predicted octanol–water partition coefficient (Wildman–Crippen LogP) is 3.06. The minimum absolute atomic E-state index is 0.0820. The summed E-state index contributed by atoms with van der Waals surface area (Å²) >= 11 is 7.05. The number of aromatic nitrogens is 1. The molecule has 5 nitrogen and oxygen atoms in total. The molecule has 0 bridgehead atoms. The van der Waals surface area contributed by atoms with E-state index in [9.17, 15) is 14.7 Å². The number of carbonyl (C=O) groups excluding carboxylic acids is 1. The summed E-state index contributed by atoms with van der Waals surface area (Å²) < 4.78 is 2.20. The maximum Gasteiger partial charge on any atom is 0.268 e. The van der Waals surface area contributed by atoms with Gasteiger partial charge in [0.05, 0.1) is 15.8 Å². The van der Waals surface area contributed by atoms with Crippen LogP contribution >= 0.6 is 23.1 Å². The summed E-state index contributed by atoms with van der Waals surface area (Å²) in [5.74, 6) is -0.493. The van der Waals surface area contributed by atoms with E-state index >= 15 is 0 Å². The van der Waals surface area contributed by atoms with Gasteiger partial charge >= 0.3 is 0 Å². The molecule has 1 heterocycles. The van der Waals surface area contributed by atoms with E-state index in [4.69, 9.17) is 11.6 Å². The van der Waals surface area contributed by atoms with Crippen molar-refractivity contribution in [2.45, 2.75) is 6.54 Å². The maximum absolute atomic E-state index is 12.2. The molecule has 0 saturated carbocycles. The number of anilines is 1. The molecular weight excluding hydrogens is 324 g/mol. The van der Waals surface area contributed by atoms with Crippen LogP contribution in [0.5, 0.6) is 5.75 Å². The van der Waals surface area contributed by atoms with Crippen molar-refractivity contribution in [2.24, 2.45) is 0 Å². The van der Waals surface area contributed by atoms with Crippen molar-refractivity contribution in [3.63, 3.8) is 0 Å². The molecule has 0 fully saturated rings. The second-order valence-electron chi connectivity index (χ2n) is 4.64. The molecule has 0 saturated heterocycles. The van der Waals surface area contributed by atoms with Crippen LogP contribution in [0.1, 0.15) is 0 Å². The fourth-order valence-electron chi connectivity index (χ4n) is 2.05. The first kappa shape index (κ1) is 14.6. The normalized spacial score (nSPS) is 10.8. The second-order valence-corrected chi connectivity index (χ2v) is 6.14. The number of hydrogen-bond donors (Lipinski definition) is 2. The van der Waals surface area contributed by atoms with Crippen LogP contribution < -0.4 is 10.9 Å². The molecule has 3 aromatic rings. The molecular formula is C15H11ClN2O3S. The molecule has 2 N–H and O–H groups in total.